The van der Waals surface area contributed by atoms with Gasteiger partial charge in [0.05, 0.1) is 11.4 Å². The number of carbonyl (C=O) groups is 2. The standard InChI is InChI=1S/C21H19N3O4/c25-20(8-6-13-5-7-18-19(9-13)28-12-27-18)22-14-10-17-21(26)23-15-3-1-2-4-16(15)24(17)11-14/h1-9,14,17H,10-12H2,(H,22,25)(H,23,26)/b8-6+/t14-,17+/m1/s1. The third kappa shape index (κ3) is 2.94. The molecule has 0 radical (unpaired) electrons. The number of hydrogen-bond donors (Lipinski definition) is 2. The molecule has 7 heteroatoms. The van der Waals surface area contributed by atoms with Gasteiger partial charge in [0.25, 0.3) is 0 Å². The minimum absolute atomic E-state index is 0.0219. The first-order valence-electron chi connectivity index (χ1n) is 9.22. The van der Waals surface area contributed by atoms with Crippen molar-refractivity contribution in [2.45, 2.75) is 18.5 Å². The smallest absolute Gasteiger partial charge is 0.247 e. The second kappa shape index (κ2) is 6.60. The minimum Gasteiger partial charge on any atom is -0.454 e. The molecular weight excluding hydrogens is 358 g/mol. The highest BCUT2D eigenvalue weighted by molar-refractivity contribution is 6.04. The highest BCUT2D eigenvalue weighted by atomic mass is 16.7. The number of hydrogen-bond acceptors (Lipinski definition) is 5. The maximum Gasteiger partial charge on any atom is 0.247 e. The summed E-state index contributed by atoms with van der Waals surface area (Å²) in [5, 5.41) is 5.95. The Balaban J connectivity index is 1.25. The Labute approximate surface area is 161 Å². The van der Waals surface area contributed by atoms with Crippen LogP contribution in [0.5, 0.6) is 11.5 Å². The summed E-state index contributed by atoms with van der Waals surface area (Å²) < 4.78 is 10.6. The number of nitrogens with one attached hydrogen (secondary N) is 2. The van der Waals surface area contributed by atoms with Crippen LogP contribution in [0.4, 0.5) is 11.4 Å². The van der Waals surface area contributed by atoms with Gasteiger partial charge in [-0.15, -0.1) is 0 Å². The molecular formula is C21H19N3O4. The summed E-state index contributed by atoms with van der Waals surface area (Å²) in [5.41, 5.74) is 2.68. The van der Waals surface area contributed by atoms with Gasteiger partial charge >= 0.3 is 0 Å². The van der Waals surface area contributed by atoms with Gasteiger partial charge in [0.2, 0.25) is 18.6 Å². The van der Waals surface area contributed by atoms with E-state index < -0.39 is 0 Å². The molecule has 2 atom stereocenters. The quantitative estimate of drug-likeness (QED) is 0.802. The topological polar surface area (TPSA) is 79.9 Å². The van der Waals surface area contributed by atoms with Gasteiger partial charge in [-0.2, -0.15) is 0 Å². The normalized spacial score (nSPS) is 22.0. The van der Waals surface area contributed by atoms with Crippen LogP contribution >= 0.6 is 0 Å². The molecule has 0 spiro atoms. The van der Waals surface area contributed by atoms with Gasteiger partial charge < -0.3 is 25.0 Å². The monoisotopic (exact) mass is 377 g/mol. The Kier molecular flexibility index (Phi) is 3.93. The first-order valence-corrected chi connectivity index (χ1v) is 9.22. The van der Waals surface area contributed by atoms with Crippen LogP contribution in [-0.4, -0.2) is 37.2 Å². The van der Waals surface area contributed by atoms with E-state index in [2.05, 4.69) is 15.5 Å². The molecule has 3 aliphatic heterocycles. The summed E-state index contributed by atoms with van der Waals surface area (Å²) in [7, 11) is 0. The van der Waals surface area contributed by atoms with Crippen LogP contribution in [0.1, 0.15) is 12.0 Å². The van der Waals surface area contributed by atoms with Crippen LogP contribution < -0.4 is 25.0 Å². The van der Waals surface area contributed by atoms with Crippen molar-refractivity contribution in [2.24, 2.45) is 0 Å². The van der Waals surface area contributed by atoms with Crippen molar-refractivity contribution in [3.05, 3.63) is 54.1 Å². The molecule has 3 aliphatic rings. The maximum absolute atomic E-state index is 12.4. The highest BCUT2D eigenvalue weighted by Gasteiger charge is 2.41. The Bertz CT molecular complexity index is 987. The second-order valence-electron chi connectivity index (χ2n) is 7.06. The third-order valence-electron chi connectivity index (χ3n) is 5.25. The van der Waals surface area contributed by atoms with Gasteiger partial charge in [-0.3, -0.25) is 9.59 Å². The largest absolute Gasteiger partial charge is 0.454 e. The first kappa shape index (κ1) is 16.7. The molecule has 0 bridgehead atoms. The SMILES string of the molecule is O=C(/C=C/c1ccc2c(c1)OCO2)N[C@@H]1C[C@H]2C(=O)Nc3ccccc3N2C1. The van der Waals surface area contributed by atoms with E-state index in [9.17, 15) is 9.59 Å². The third-order valence-corrected chi connectivity index (χ3v) is 5.25. The van der Waals surface area contributed by atoms with E-state index in [0.29, 0.717) is 24.5 Å². The van der Waals surface area contributed by atoms with E-state index in [1.165, 1.54) is 6.08 Å². The number of rotatable bonds is 3. The molecule has 0 unspecified atom stereocenters. The predicted molar refractivity (Wildman–Crippen MR) is 104 cm³/mol. The summed E-state index contributed by atoms with van der Waals surface area (Å²) in [6, 6.07) is 12.9. The second-order valence-corrected chi connectivity index (χ2v) is 7.06. The molecule has 1 saturated heterocycles. The average molecular weight is 377 g/mol. The van der Waals surface area contributed by atoms with Crippen molar-refractivity contribution in [3.63, 3.8) is 0 Å². The number of anilines is 2. The molecule has 5 rings (SSSR count). The van der Waals surface area contributed by atoms with Crippen LogP contribution in [0, 0.1) is 0 Å². The van der Waals surface area contributed by atoms with Crippen LogP contribution in [0.25, 0.3) is 6.08 Å². The van der Waals surface area contributed by atoms with Crippen LogP contribution in [0.15, 0.2) is 48.5 Å². The van der Waals surface area contributed by atoms with Crippen molar-refractivity contribution in [1.82, 2.24) is 5.32 Å². The molecule has 2 N–H and O–H groups in total. The number of amides is 2. The van der Waals surface area contributed by atoms with Crippen molar-refractivity contribution in [1.29, 1.82) is 0 Å². The zero-order chi connectivity index (χ0) is 19.1. The van der Waals surface area contributed by atoms with Gasteiger partial charge in [-0.05, 0) is 42.3 Å². The Hall–Kier alpha value is -3.48. The minimum atomic E-state index is -0.252. The predicted octanol–water partition coefficient (Wildman–Crippen LogP) is 2.14. The fourth-order valence-corrected chi connectivity index (χ4v) is 3.94. The van der Waals surface area contributed by atoms with E-state index in [1.807, 2.05) is 42.5 Å². The van der Waals surface area contributed by atoms with Crippen molar-refractivity contribution in [2.75, 3.05) is 23.6 Å². The molecule has 2 amide bonds. The van der Waals surface area contributed by atoms with Gasteiger partial charge in [-0.25, -0.2) is 0 Å². The molecule has 1 fully saturated rings. The number of nitrogens with zero attached hydrogens (tertiary/aromatic N) is 1. The maximum atomic E-state index is 12.4. The highest BCUT2D eigenvalue weighted by Crippen LogP contribution is 2.36. The van der Waals surface area contributed by atoms with Crippen molar-refractivity contribution >= 4 is 29.3 Å². The average Bonchev–Trinajstić information content (AvgIpc) is 3.33. The van der Waals surface area contributed by atoms with E-state index in [-0.39, 0.29) is 30.7 Å². The van der Waals surface area contributed by atoms with Crippen LogP contribution in [0.3, 0.4) is 0 Å². The van der Waals surface area contributed by atoms with Gasteiger partial charge in [-0.1, -0.05) is 18.2 Å². The molecule has 7 nitrogen and oxygen atoms in total. The molecule has 28 heavy (non-hydrogen) atoms. The lowest BCUT2D eigenvalue weighted by Gasteiger charge is -2.32. The lowest BCUT2D eigenvalue weighted by molar-refractivity contribution is -0.118. The van der Waals surface area contributed by atoms with E-state index in [4.69, 9.17) is 9.47 Å². The zero-order valence-corrected chi connectivity index (χ0v) is 15.1. The fraction of sp³-hybridized carbons (Fsp3) is 0.238. The van der Waals surface area contributed by atoms with Crippen molar-refractivity contribution < 1.29 is 19.1 Å². The molecule has 2 aromatic carbocycles. The van der Waals surface area contributed by atoms with Crippen LogP contribution in [0.2, 0.25) is 0 Å². The van der Waals surface area contributed by atoms with E-state index in [0.717, 1.165) is 16.9 Å². The first-order chi connectivity index (χ1) is 13.7. The molecule has 3 heterocycles. The summed E-state index contributed by atoms with van der Waals surface area (Å²) in [6.07, 6.45) is 3.83. The van der Waals surface area contributed by atoms with Crippen LogP contribution in [-0.2, 0) is 9.59 Å². The molecule has 142 valence electrons. The van der Waals surface area contributed by atoms with Gasteiger partial charge in [0.1, 0.15) is 6.04 Å². The van der Waals surface area contributed by atoms with E-state index >= 15 is 0 Å². The lowest BCUT2D eigenvalue weighted by Crippen LogP contribution is -2.43. The number of benzene rings is 2. The summed E-state index contributed by atoms with van der Waals surface area (Å²) >= 11 is 0. The number of fused-ring (bicyclic) bond motifs is 4. The van der Waals surface area contributed by atoms with Gasteiger partial charge in [0.15, 0.2) is 11.5 Å². The van der Waals surface area contributed by atoms with Crippen molar-refractivity contribution in [3.8, 4) is 11.5 Å². The Morgan fingerprint density at radius 2 is 2.04 bits per heavy atom. The Morgan fingerprint density at radius 1 is 1.18 bits per heavy atom. The fourth-order valence-electron chi connectivity index (χ4n) is 3.94. The van der Waals surface area contributed by atoms with E-state index in [1.54, 1.807) is 6.08 Å². The molecule has 0 aromatic heterocycles. The zero-order valence-electron chi connectivity index (χ0n) is 15.1. The summed E-state index contributed by atoms with van der Waals surface area (Å²) in [6.45, 7) is 0.831. The number of para-hydroxylation sites is 2. The molecule has 0 aliphatic carbocycles. The number of carbonyl (C=O) groups excluding carboxylic acids is 2. The Morgan fingerprint density at radius 3 is 2.96 bits per heavy atom. The molecule has 2 aromatic rings. The summed E-state index contributed by atoms with van der Waals surface area (Å²) in [4.78, 5) is 26.8. The van der Waals surface area contributed by atoms with Gasteiger partial charge in [0, 0.05) is 18.7 Å². The molecule has 0 saturated carbocycles. The summed E-state index contributed by atoms with van der Waals surface area (Å²) in [5.74, 6) is 1.19. The lowest BCUT2D eigenvalue weighted by atomic mass is 10.1. The number of ether oxygens (including phenoxy) is 2.